The molecule has 0 aromatic heterocycles. The third-order valence-corrected chi connectivity index (χ3v) is 9.94. The van der Waals surface area contributed by atoms with E-state index in [1.54, 1.807) is 9.80 Å². The average Bonchev–Trinajstić information content (AvgIpc) is 2.94. The Bertz CT molecular complexity index is 986. The molecular formula is C28H50N4O8S. The summed E-state index contributed by atoms with van der Waals surface area (Å²) in [5, 5.41) is 3.00. The summed E-state index contributed by atoms with van der Waals surface area (Å²) in [7, 11) is -2.40. The van der Waals surface area contributed by atoms with Crippen molar-refractivity contribution < 1.29 is 37.0 Å². The number of methoxy groups -OCH3 is 1. The molecule has 1 N–H and O–H groups in total. The number of ether oxygens (including phenoxy) is 3. The number of rotatable bonds is 9. The first-order chi connectivity index (χ1) is 19.3. The summed E-state index contributed by atoms with van der Waals surface area (Å²) >= 11 is 0. The Kier molecular flexibility index (Phi) is 12.1. The van der Waals surface area contributed by atoms with Gasteiger partial charge in [-0.25, -0.2) is 18.0 Å². The third-order valence-electron chi connectivity index (χ3n) is 8.01. The first-order valence-corrected chi connectivity index (χ1v) is 16.7. The van der Waals surface area contributed by atoms with Crippen molar-refractivity contribution in [2.24, 2.45) is 5.92 Å². The molecule has 236 valence electrons. The molecule has 0 bridgehead atoms. The van der Waals surface area contributed by atoms with Crippen LogP contribution < -0.4 is 5.32 Å². The molecule has 0 radical (unpaired) electrons. The number of esters is 1. The molecule has 0 aromatic carbocycles. The summed E-state index contributed by atoms with van der Waals surface area (Å²) in [6.07, 6.45) is 5.08. The second kappa shape index (κ2) is 14.9. The topological polar surface area (TPSA) is 135 Å². The summed E-state index contributed by atoms with van der Waals surface area (Å²) in [6, 6.07) is -1.45. The lowest BCUT2D eigenvalue weighted by Crippen LogP contribution is -2.58. The van der Waals surface area contributed by atoms with Crippen LogP contribution in [0.4, 0.5) is 9.59 Å². The summed E-state index contributed by atoms with van der Waals surface area (Å²) in [5.74, 6) is -0.203. The largest absolute Gasteiger partial charge is 0.468 e. The summed E-state index contributed by atoms with van der Waals surface area (Å²) < 4.78 is 43.7. The van der Waals surface area contributed by atoms with E-state index in [9.17, 15) is 22.8 Å². The lowest BCUT2D eigenvalue weighted by Gasteiger charge is -2.39. The molecule has 13 heteroatoms. The van der Waals surface area contributed by atoms with Gasteiger partial charge in [0.1, 0.15) is 11.6 Å². The van der Waals surface area contributed by atoms with Gasteiger partial charge in [-0.2, -0.15) is 4.31 Å². The van der Waals surface area contributed by atoms with Gasteiger partial charge in [-0.15, -0.1) is 0 Å². The van der Waals surface area contributed by atoms with Gasteiger partial charge in [-0.1, -0.05) is 13.3 Å². The smallest absolute Gasteiger partial charge is 0.410 e. The van der Waals surface area contributed by atoms with Gasteiger partial charge in [0.2, 0.25) is 10.0 Å². The molecule has 3 rings (SSSR count). The highest BCUT2D eigenvalue weighted by Gasteiger charge is 2.41. The zero-order chi connectivity index (χ0) is 30.2. The molecule has 3 saturated heterocycles. The Labute approximate surface area is 245 Å². The number of nitrogens with zero attached hydrogens (tertiary/aromatic N) is 3. The van der Waals surface area contributed by atoms with Gasteiger partial charge in [-0.3, -0.25) is 4.79 Å². The van der Waals surface area contributed by atoms with E-state index in [2.05, 4.69) is 5.32 Å². The maximum Gasteiger partial charge on any atom is 0.410 e. The Balaban J connectivity index is 1.40. The van der Waals surface area contributed by atoms with Gasteiger partial charge in [0.25, 0.3) is 0 Å². The van der Waals surface area contributed by atoms with Crippen molar-refractivity contribution >= 4 is 28.1 Å². The Hall–Kier alpha value is -2.12. The monoisotopic (exact) mass is 602 g/mol. The molecule has 0 spiro atoms. The quantitative estimate of drug-likeness (QED) is 0.398. The summed E-state index contributed by atoms with van der Waals surface area (Å²) in [4.78, 5) is 41.1. The van der Waals surface area contributed by atoms with Crippen LogP contribution in [0.5, 0.6) is 0 Å². The number of piperidine rings is 3. The average molecular weight is 603 g/mol. The maximum absolute atomic E-state index is 13.0. The van der Waals surface area contributed by atoms with Gasteiger partial charge < -0.3 is 29.3 Å². The van der Waals surface area contributed by atoms with E-state index >= 15 is 0 Å². The summed E-state index contributed by atoms with van der Waals surface area (Å²) in [5.41, 5.74) is -0.498. The van der Waals surface area contributed by atoms with Crippen LogP contribution in [0, 0.1) is 5.92 Å². The molecule has 3 amide bonds. The number of sulfonamides is 1. The molecule has 0 aromatic rings. The van der Waals surface area contributed by atoms with E-state index in [1.807, 2.05) is 27.7 Å². The van der Waals surface area contributed by atoms with Gasteiger partial charge >= 0.3 is 18.1 Å². The molecule has 41 heavy (non-hydrogen) atoms. The maximum atomic E-state index is 13.0. The number of carbonyl (C=O) groups excluding carboxylic acids is 3. The van der Waals surface area contributed by atoms with Crippen LogP contribution in [0.1, 0.15) is 79.1 Å². The second-order valence-corrected chi connectivity index (χ2v) is 14.5. The van der Waals surface area contributed by atoms with Crippen molar-refractivity contribution in [2.75, 3.05) is 52.2 Å². The zero-order valence-corrected chi connectivity index (χ0v) is 26.2. The highest BCUT2D eigenvalue weighted by Crippen LogP contribution is 2.25. The zero-order valence-electron chi connectivity index (χ0n) is 25.4. The normalized spacial score (nSPS) is 23.7. The molecule has 0 saturated carbocycles. The van der Waals surface area contributed by atoms with E-state index in [-0.39, 0.29) is 36.6 Å². The van der Waals surface area contributed by atoms with E-state index in [0.29, 0.717) is 58.0 Å². The fraction of sp³-hybridized carbons (Fsp3) is 0.893. The van der Waals surface area contributed by atoms with Crippen LogP contribution in [0.3, 0.4) is 0 Å². The Morgan fingerprint density at radius 1 is 0.927 bits per heavy atom. The summed E-state index contributed by atoms with van der Waals surface area (Å²) in [6.45, 7) is 10.7. The number of unbranched alkanes of at least 4 members (excludes halogenated alkanes) is 1. The van der Waals surface area contributed by atoms with Crippen LogP contribution in [0.25, 0.3) is 0 Å². The molecule has 3 heterocycles. The van der Waals surface area contributed by atoms with Gasteiger partial charge in [-0.05, 0) is 71.6 Å². The number of carbonyl (C=O) groups is 3. The molecule has 0 aliphatic carbocycles. The molecule has 3 aliphatic rings. The number of likely N-dealkylation sites (tertiary alicyclic amines) is 2. The van der Waals surface area contributed by atoms with Crippen molar-refractivity contribution in [3.8, 4) is 0 Å². The molecule has 12 nitrogen and oxygen atoms in total. The predicted octanol–water partition coefficient (Wildman–Crippen LogP) is 2.96. The van der Waals surface area contributed by atoms with Crippen LogP contribution in [0.2, 0.25) is 0 Å². The fourth-order valence-corrected chi connectivity index (χ4v) is 7.43. The van der Waals surface area contributed by atoms with E-state index < -0.39 is 27.6 Å². The van der Waals surface area contributed by atoms with Crippen LogP contribution in [-0.4, -0.2) is 117 Å². The predicted molar refractivity (Wildman–Crippen MR) is 154 cm³/mol. The van der Waals surface area contributed by atoms with Crippen molar-refractivity contribution in [2.45, 2.75) is 103 Å². The van der Waals surface area contributed by atoms with Crippen LogP contribution in [0.15, 0.2) is 0 Å². The van der Waals surface area contributed by atoms with Crippen molar-refractivity contribution in [3.63, 3.8) is 0 Å². The van der Waals surface area contributed by atoms with Gasteiger partial charge in [0.05, 0.1) is 19.0 Å². The van der Waals surface area contributed by atoms with E-state index in [1.165, 1.54) is 11.4 Å². The molecular weight excluding hydrogens is 552 g/mol. The fourth-order valence-electron chi connectivity index (χ4n) is 5.55. The van der Waals surface area contributed by atoms with Crippen molar-refractivity contribution in [1.82, 2.24) is 19.4 Å². The van der Waals surface area contributed by atoms with Crippen LogP contribution in [-0.2, 0) is 29.0 Å². The minimum atomic E-state index is -3.66. The highest BCUT2D eigenvalue weighted by molar-refractivity contribution is 7.89. The standard InChI is InChI=1S/C28H50N4O8S/c1-6-7-18-41(36,37)32-19-22(8-9-24(32)25(33)38-5)29-26(34)30-16-12-23(13-17-30)39-20-21-10-14-31(15-11-21)27(35)40-28(2,3)4/h21-24H,6-20H2,1-5H3,(H,29,34)/t22-,24-/m0/s1. The first-order valence-electron chi connectivity index (χ1n) is 15.0. The van der Waals surface area contributed by atoms with Crippen LogP contribution >= 0.6 is 0 Å². The van der Waals surface area contributed by atoms with Gasteiger partial charge in [0.15, 0.2) is 0 Å². The Morgan fingerprint density at radius 2 is 1.56 bits per heavy atom. The van der Waals surface area contributed by atoms with Crippen molar-refractivity contribution in [1.29, 1.82) is 0 Å². The lowest BCUT2D eigenvalue weighted by molar-refractivity contribution is -0.146. The minimum Gasteiger partial charge on any atom is -0.468 e. The number of hydrogen-bond donors (Lipinski definition) is 1. The molecule has 3 fully saturated rings. The van der Waals surface area contributed by atoms with E-state index in [4.69, 9.17) is 14.2 Å². The van der Waals surface area contributed by atoms with Gasteiger partial charge in [0, 0.05) is 45.4 Å². The second-order valence-electron chi connectivity index (χ2n) is 12.4. The first kappa shape index (κ1) is 33.4. The number of nitrogens with one attached hydrogen (secondary N) is 1. The SMILES string of the molecule is CCCCS(=O)(=O)N1C[C@@H](NC(=O)N2CCC(OCC3CCN(C(=O)OC(C)(C)C)CC3)CC2)CC[C@H]1C(=O)OC. The minimum absolute atomic E-state index is 0.0337. The molecule has 0 unspecified atom stereocenters. The van der Waals surface area contributed by atoms with Crippen molar-refractivity contribution in [3.05, 3.63) is 0 Å². The number of amides is 3. The molecule has 2 atom stereocenters. The van der Waals surface area contributed by atoms with E-state index in [0.717, 1.165) is 32.1 Å². The highest BCUT2D eigenvalue weighted by atomic mass is 32.2. The lowest BCUT2D eigenvalue weighted by atomic mass is 9.98. The number of urea groups is 1. The number of hydrogen-bond acceptors (Lipinski definition) is 8. The molecule has 3 aliphatic heterocycles. The Morgan fingerprint density at radius 3 is 2.15 bits per heavy atom. The third kappa shape index (κ3) is 9.99.